The van der Waals surface area contributed by atoms with E-state index in [1.807, 2.05) is 19.1 Å². The zero-order valence-electron chi connectivity index (χ0n) is 11.7. The Morgan fingerprint density at radius 2 is 2.00 bits per heavy atom. The molecule has 1 amide bonds. The lowest BCUT2D eigenvalue weighted by molar-refractivity contribution is -0.385. The molecular weight excluding hydrogens is 348 g/mol. The molecule has 0 aromatic heterocycles. The monoisotopic (exact) mass is 360 g/mol. The van der Waals surface area contributed by atoms with Crippen LogP contribution in [0, 0.1) is 17.0 Å². The number of rotatable bonds is 4. The van der Waals surface area contributed by atoms with Crippen molar-refractivity contribution in [3.63, 3.8) is 0 Å². The summed E-state index contributed by atoms with van der Waals surface area (Å²) in [4.78, 5) is 22.3. The second kappa shape index (κ2) is 7.00. The highest BCUT2D eigenvalue weighted by atomic mass is 79.9. The van der Waals surface area contributed by atoms with Crippen LogP contribution in [0.1, 0.15) is 11.1 Å². The average molecular weight is 361 g/mol. The highest BCUT2D eigenvalue weighted by Gasteiger charge is 2.09. The van der Waals surface area contributed by atoms with Crippen molar-refractivity contribution in [2.75, 3.05) is 5.32 Å². The first-order chi connectivity index (χ1) is 10.5. The van der Waals surface area contributed by atoms with Gasteiger partial charge in [0, 0.05) is 22.3 Å². The molecule has 0 heterocycles. The zero-order chi connectivity index (χ0) is 16.1. The van der Waals surface area contributed by atoms with Gasteiger partial charge in [-0.25, -0.2) is 0 Å². The number of benzene rings is 2. The molecular formula is C16H13BrN2O3. The van der Waals surface area contributed by atoms with Gasteiger partial charge < -0.3 is 5.32 Å². The van der Waals surface area contributed by atoms with Crippen LogP contribution in [0.2, 0.25) is 0 Å². The number of amides is 1. The number of nitro groups is 1. The van der Waals surface area contributed by atoms with Gasteiger partial charge in [-0.1, -0.05) is 28.1 Å². The van der Waals surface area contributed by atoms with Crippen LogP contribution < -0.4 is 5.32 Å². The molecule has 0 bridgehead atoms. The van der Waals surface area contributed by atoms with E-state index < -0.39 is 4.92 Å². The number of hydrogen-bond donors (Lipinski definition) is 1. The smallest absolute Gasteiger partial charge is 0.276 e. The number of carbonyl (C=O) groups is 1. The summed E-state index contributed by atoms with van der Waals surface area (Å²) in [6, 6.07) is 11.7. The van der Waals surface area contributed by atoms with Crippen molar-refractivity contribution in [1.29, 1.82) is 0 Å². The molecule has 5 nitrogen and oxygen atoms in total. The Balaban J connectivity index is 2.12. The molecule has 0 radical (unpaired) electrons. The van der Waals surface area contributed by atoms with Crippen LogP contribution in [0.25, 0.3) is 6.08 Å². The number of anilines is 1. The van der Waals surface area contributed by atoms with E-state index in [9.17, 15) is 14.9 Å². The van der Waals surface area contributed by atoms with Gasteiger partial charge >= 0.3 is 0 Å². The minimum Gasteiger partial charge on any atom is -0.323 e. The van der Waals surface area contributed by atoms with Gasteiger partial charge in [0.25, 0.3) is 5.69 Å². The van der Waals surface area contributed by atoms with Crippen molar-refractivity contribution in [3.8, 4) is 0 Å². The molecule has 0 aliphatic carbocycles. The van der Waals surface area contributed by atoms with Gasteiger partial charge in [-0.15, -0.1) is 0 Å². The van der Waals surface area contributed by atoms with Crippen LogP contribution >= 0.6 is 15.9 Å². The van der Waals surface area contributed by atoms with Crippen molar-refractivity contribution in [2.24, 2.45) is 0 Å². The SMILES string of the molecule is Cc1cc(NC(=O)/C=C/c2ccccc2[N+](=O)[O-])ccc1Br. The Hall–Kier alpha value is -2.47. The van der Waals surface area contributed by atoms with Crippen LogP contribution in [0.15, 0.2) is 53.0 Å². The number of nitro benzene ring substituents is 1. The summed E-state index contributed by atoms with van der Waals surface area (Å²) in [5, 5.41) is 13.6. The maximum atomic E-state index is 11.9. The second-order valence-corrected chi connectivity index (χ2v) is 5.46. The van der Waals surface area contributed by atoms with E-state index in [2.05, 4.69) is 21.2 Å². The largest absolute Gasteiger partial charge is 0.323 e. The van der Waals surface area contributed by atoms with Gasteiger partial charge in [-0.2, -0.15) is 0 Å². The Morgan fingerprint density at radius 3 is 2.68 bits per heavy atom. The Labute approximate surface area is 135 Å². The predicted octanol–water partition coefficient (Wildman–Crippen LogP) is 4.32. The van der Waals surface area contributed by atoms with Gasteiger partial charge in [-0.3, -0.25) is 14.9 Å². The first-order valence-corrected chi connectivity index (χ1v) is 7.25. The van der Waals surface area contributed by atoms with Crippen molar-refractivity contribution < 1.29 is 9.72 Å². The number of nitrogens with zero attached hydrogens (tertiary/aromatic N) is 1. The standard InChI is InChI=1S/C16H13BrN2O3/c1-11-10-13(7-8-14(11)17)18-16(20)9-6-12-4-2-3-5-15(12)19(21)22/h2-10H,1H3,(H,18,20)/b9-6+. The molecule has 2 aromatic rings. The molecule has 22 heavy (non-hydrogen) atoms. The van der Waals surface area contributed by atoms with E-state index in [4.69, 9.17) is 0 Å². The van der Waals surface area contributed by atoms with Gasteiger partial charge in [-0.05, 0) is 42.8 Å². The molecule has 0 aliphatic rings. The third-order valence-corrected chi connectivity index (χ3v) is 3.86. The highest BCUT2D eigenvalue weighted by Crippen LogP contribution is 2.21. The fraction of sp³-hybridized carbons (Fsp3) is 0.0625. The lowest BCUT2D eigenvalue weighted by atomic mass is 10.1. The van der Waals surface area contributed by atoms with E-state index >= 15 is 0 Å². The number of carbonyl (C=O) groups excluding carboxylic acids is 1. The lowest BCUT2D eigenvalue weighted by Gasteiger charge is -2.04. The molecule has 112 valence electrons. The summed E-state index contributed by atoms with van der Waals surface area (Å²) in [6.07, 6.45) is 2.71. The summed E-state index contributed by atoms with van der Waals surface area (Å²) >= 11 is 3.39. The highest BCUT2D eigenvalue weighted by molar-refractivity contribution is 9.10. The van der Waals surface area contributed by atoms with Crippen LogP contribution in [-0.2, 0) is 4.79 Å². The average Bonchev–Trinajstić information content (AvgIpc) is 2.49. The summed E-state index contributed by atoms with van der Waals surface area (Å²) in [5.41, 5.74) is 2.01. The predicted molar refractivity (Wildman–Crippen MR) is 89.6 cm³/mol. The Kier molecular flexibility index (Phi) is 5.06. The molecule has 0 atom stereocenters. The van der Waals surface area contributed by atoms with E-state index in [1.54, 1.807) is 24.3 Å². The van der Waals surface area contributed by atoms with Gasteiger partial charge in [0.1, 0.15) is 0 Å². The molecule has 0 aliphatic heterocycles. The number of nitrogens with one attached hydrogen (secondary N) is 1. The van der Waals surface area contributed by atoms with Gasteiger partial charge in [0.05, 0.1) is 10.5 Å². The zero-order valence-corrected chi connectivity index (χ0v) is 13.3. The second-order valence-electron chi connectivity index (χ2n) is 4.60. The Bertz CT molecular complexity index is 757. The molecule has 0 unspecified atom stereocenters. The maximum absolute atomic E-state index is 11.9. The first kappa shape index (κ1) is 15.9. The van der Waals surface area contributed by atoms with Crippen molar-refractivity contribution in [2.45, 2.75) is 6.92 Å². The van der Waals surface area contributed by atoms with Crippen molar-refractivity contribution >= 4 is 39.3 Å². The Morgan fingerprint density at radius 1 is 1.27 bits per heavy atom. The van der Waals surface area contributed by atoms with Gasteiger partial charge in [0.2, 0.25) is 5.91 Å². The molecule has 6 heteroatoms. The molecule has 0 saturated heterocycles. The first-order valence-electron chi connectivity index (χ1n) is 6.46. The van der Waals surface area contributed by atoms with Crippen molar-refractivity contribution in [1.82, 2.24) is 0 Å². The maximum Gasteiger partial charge on any atom is 0.276 e. The normalized spacial score (nSPS) is 10.6. The summed E-state index contributed by atoms with van der Waals surface area (Å²) < 4.78 is 0.959. The fourth-order valence-corrected chi connectivity index (χ4v) is 2.11. The summed E-state index contributed by atoms with van der Waals surface area (Å²) in [6.45, 7) is 1.92. The third kappa shape index (κ3) is 4.02. The molecule has 2 rings (SSSR count). The van der Waals surface area contributed by atoms with E-state index in [1.165, 1.54) is 18.2 Å². The van der Waals surface area contributed by atoms with Gasteiger partial charge in [0.15, 0.2) is 0 Å². The quantitative estimate of drug-likeness (QED) is 0.501. The van der Waals surface area contributed by atoms with E-state index in [0.717, 1.165) is 10.0 Å². The summed E-state index contributed by atoms with van der Waals surface area (Å²) in [7, 11) is 0. The number of para-hydroxylation sites is 1. The minimum absolute atomic E-state index is 0.0361. The number of halogens is 1. The molecule has 0 saturated carbocycles. The van der Waals surface area contributed by atoms with Crippen molar-refractivity contribution in [3.05, 3.63) is 74.3 Å². The van der Waals surface area contributed by atoms with E-state index in [-0.39, 0.29) is 11.6 Å². The fourth-order valence-electron chi connectivity index (χ4n) is 1.87. The molecule has 2 aromatic carbocycles. The van der Waals surface area contributed by atoms with E-state index in [0.29, 0.717) is 11.3 Å². The number of hydrogen-bond acceptors (Lipinski definition) is 3. The molecule has 0 spiro atoms. The van der Waals surface area contributed by atoms with Crippen LogP contribution in [-0.4, -0.2) is 10.8 Å². The van der Waals surface area contributed by atoms with Crippen LogP contribution in [0.4, 0.5) is 11.4 Å². The van der Waals surface area contributed by atoms with Crippen LogP contribution in [0.5, 0.6) is 0 Å². The minimum atomic E-state index is -0.477. The topological polar surface area (TPSA) is 72.2 Å². The lowest BCUT2D eigenvalue weighted by Crippen LogP contribution is -2.07. The third-order valence-electron chi connectivity index (χ3n) is 2.97. The van der Waals surface area contributed by atoms with Crippen LogP contribution in [0.3, 0.4) is 0 Å². The summed E-state index contributed by atoms with van der Waals surface area (Å²) in [5.74, 6) is -0.347. The number of aryl methyl sites for hydroxylation is 1. The molecule has 1 N–H and O–H groups in total. The molecule has 0 fully saturated rings.